The first kappa shape index (κ1) is 18.9. The van der Waals surface area contributed by atoms with Gasteiger partial charge in [0.15, 0.2) is 0 Å². The van der Waals surface area contributed by atoms with E-state index >= 15 is 0 Å². The van der Waals surface area contributed by atoms with Crippen LogP contribution in [0.25, 0.3) is 0 Å². The Hall–Kier alpha value is -1.83. The topological polar surface area (TPSA) is 62.3 Å². The van der Waals surface area contributed by atoms with Gasteiger partial charge in [-0.2, -0.15) is 0 Å². The molecular formula is C19H24FN3O2S. The van der Waals surface area contributed by atoms with E-state index in [0.29, 0.717) is 18.0 Å². The van der Waals surface area contributed by atoms with E-state index in [1.165, 1.54) is 23.8 Å². The molecule has 1 aliphatic heterocycles. The second-order valence-electron chi connectivity index (χ2n) is 6.84. The highest BCUT2D eigenvalue weighted by Crippen LogP contribution is 2.20. The smallest absolute Gasteiger partial charge is 0.240 e. The van der Waals surface area contributed by atoms with Gasteiger partial charge in [0.25, 0.3) is 0 Å². The van der Waals surface area contributed by atoms with Crippen molar-refractivity contribution in [1.82, 2.24) is 14.6 Å². The number of aromatic nitrogens is 1. The number of rotatable bonds is 6. The number of nitrogens with one attached hydrogen (secondary N) is 1. The van der Waals surface area contributed by atoms with E-state index in [1.54, 1.807) is 13.1 Å². The number of likely N-dealkylation sites (tertiary alicyclic amines) is 1. The molecule has 1 aromatic carbocycles. The molecular weight excluding hydrogens is 353 g/mol. The van der Waals surface area contributed by atoms with Crippen LogP contribution in [0.15, 0.2) is 47.6 Å². The summed E-state index contributed by atoms with van der Waals surface area (Å²) in [4.78, 5) is 6.65. The number of piperidine rings is 1. The summed E-state index contributed by atoms with van der Waals surface area (Å²) in [6.45, 7) is 4.78. The van der Waals surface area contributed by atoms with Gasteiger partial charge >= 0.3 is 0 Å². The quantitative estimate of drug-likeness (QED) is 0.841. The second kappa shape index (κ2) is 8.24. The maximum Gasteiger partial charge on any atom is 0.240 e. The van der Waals surface area contributed by atoms with E-state index in [2.05, 4.69) is 20.7 Å². The van der Waals surface area contributed by atoms with Gasteiger partial charge in [0.05, 0.1) is 4.90 Å². The summed E-state index contributed by atoms with van der Waals surface area (Å²) in [5.74, 6) is -0.113. The maximum atomic E-state index is 13.2. The first-order valence-electron chi connectivity index (χ1n) is 8.81. The lowest BCUT2D eigenvalue weighted by Gasteiger charge is -2.32. The minimum atomic E-state index is -3.61. The molecule has 1 saturated heterocycles. The van der Waals surface area contributed by atoms with Gasteiger partial charge in [0.1, 0.15) is 5.82 Å². The molecule has 5 nitrogen and oxygen atoms in total. The van der Waals surface area contributed by atoms with Crippen LogP contribution < -0.4 is 4.72 Å². The van der Waals surface area contributed by atoms with Crippen LogP contribution in [0.3, 0.4) is 0 Å². The summed E-state index contributed by atoms with van der Waals surface area (Å²) < 4.78 is 40.8. The third kappa shape index (κ3) is 4.87. The fourth-order valence-electron chi connectivity index (χ4n) is 3.32. The molecule has 1 N–H and O–H groups in total. The Bertz CT molecular complexity index is 835. The molecule has 0 saturated carbocycles. The number of pyridine rings is 1. The molecule has 0 bridgehead atoms. The molecule has 0 atom stereocenters. The normalized spacial score (nSPS) is 16.7. The predicted molar refractivity (Wildman–Crippen MR) is 98.6 cm³/mol. The van der Waals surface area contributed by atoms with Gasteiger partial charge in [0.2, 0.25) is 10.0 Å². The van der Waals surface area contributed by atoms with Crippen LogP contribution in [0.4, 0.5) is 4.39 Å². The first-order chi connectivity index (χ1) is 12.4. The third-order valence-corrected chi connectivity index (χ3v) is 6.41. The fraction of sp³-hybridized carbons (Fsp3) is 0.421. The number of sulfonamides is 1. The lowest BCUT2D eigenvalue weighted by Crippen LogP contribution is -2.38. The molecule has 1 aromatic heterocycles. The van der Waals surface area contributed by atoms with E-state index in [4.69, 9.17) is 0 Å². The van der Waals surface area contributed by atoms with Crippen molar-refractivity contribution in [2.75, 3.05) is 19.6 Å². The van der Waals surface area contributed by atoms with Gasteiger partial charge in [0, 0.05) is 25.5 Å². The van der Waals surface area contributed by atoms with Crippen LogP contribution in [0.1, 0.15) is 24.0 Å². The molecule has 0 aliphatic carbocycles. The summed E-state index contributed by atoms with van der Waals surface area (Å²) in [7, 11) is -3.61. The van der Waals surface area contributed by atoms with Crippen molar-refractivity contribution in [3.8, 4) is 0 Å². The molecule has 0 unspecified atom stereocenters. The van der Waals surface area contributed by atoms with Crippen molar-refractivity contribution >= 4 is 10.0 Å². The van der Waals surface area contributed by atoms with Gasteiger partial charge in [-0.1, -0.05) is 6.07 Å². The molecule has 140 valence electrons. The van der Waals surface area contributed by atoms with Crippen molar-refractivity contribution in [2.24, 2.45) is 5.92 Å². The molecule has 0 spiro atoms. The molecule has 0 amide bonds. The van der Waals surface area contributed by atoms with E-state index in [1.807, 2.05) is 12.3 Å². The highest BCUT2D eigenvalue weighted by Gasteiger charge is 2.23. The molecule has 2 heterocycles. The molecule has 3 rings (SSSR count). The Balaban J connectivity index is 1.50. The highest BCUT2D eigenvalue weighted by atomic mass is 32.2. The van der Waals surface area contributed by atoms with E-state index in [9.17, 15) is 12.8 Å². The van der Waals surface area contributed by atoms with Crippen LogP contribution in [0.2, 0.25) is 0 Å². The van der Waals surface area contributed by atoms with Gasteiger partial charge in [-0.15, -0.1) is 0 Å². The number of aryl methyl sites for hydroxylation is 1. The maximum absolute atomic E-state index is 13.2. The standard InChI is InChI=1S/C19H24FN3O2S/c1-15-11-18(20)4-5-19(15)26(24,25)22-13-16-6-9-23(10-7-16)14-17-3-2-8-21-12-17/h2-5,8,11-12,16,22H,6-7,9-10,13-14H2,1H3. The van der Waals surface area contributed by atoms with Crippen LogP contribution in [0, 0.1) is 18.7 Å². The zero-order valence-corrected chi connectivity index (χ0v) is 15.7. The summed E-state index contributed by atoms with van der Waals surface area (Å²) in [5.41, 5.74) is 1.61. The highest BCUT2D eigenvalue weighted by molar-refractivity contribution is 7.89. The van der Waals surface area contributed by atoms with E-state index in [0.717, 1.165) is 32.5 Å². The summed E-state index contributed by atoms with van der Waals surface area (Å²) >= 11 is 0. The fourth-order valence-corrected chi connectivity index (χ4v) is 4.66. The average molecular weight is 377 g/mol. The zero-order valence-electron chi connectivity index (χ0n) is 14.9. The van der Waals surface area contributed by atoms with Crippen LogP contribution in [-0.4, -0.2) is 37.9 Å². The lowest BCUT2D eigenvalue weighted by molar-refractivity contribution is 0.178. The molecule has 1 fully saturated rings. The largest absolute Gasteiger partial charge is 0.299 e. The number of hydrogen-bond acceptors (Lipinski definition) is 4. The molecule has 2 aromatic rings. The van der Waals surface area contributed by atoms with Crippen LogP contribution >= 0.6 is 0 Å². The molecule has 7 heteroatoms. The van der Waals surface area contributed by atoms with E-state index in [-0.39, 0.29) is 4.90 Å². The van der Waals surface area contributed by atoms with Gasteiger partial charge in [-0.3, -0.25) is 9.88 Å². The Labute approximate surface area is 154 Å². The summed E-state index contributed by atoms with van der Waals surface area (Å²) in [6, 6.07) is 7.75. The minimum Gasteiger partial charge on any atom is -0.299 e. The molecule has 26 heavy (non-hydrogen) atoms. The lowest BCUT2D eigenvalue weighted by atomic mass is 9.97. The number of halogens is 1. The molecule has 1 aliphatic rings. The van der Waals surface area contributed by atoms with Gasteiger partial charge in [-0.05, 0) is 74.2 Å². The number of nitrogens with zero attached hydrogens (tertiary/aromatic N) is 2. The monoisotopic (exact) mass is 377 g/mol. The average Bonchev–Trinajstić information content (AvgIpc) is 2.62. The Morgan fingerprint density at radius 3 is 2.69 bits per heavy atom. The van der Waals surface area contributed by atoms with Gasteiger partial charge in [-0.25, -0.2) is 17.5 Å². The van der Waals surface area contributed by atoms with Crippen molar-refractivity contribution in [3.63, 3.8) is 0 Å². The number of benzene rings is 1. The molecule has 0 radical (unpaired) electrons. The first-order valence-corrected chi connectivity index (χ1v) is 10.3. The Kier molecular flexibility index (Phi) is 6.01. The third-order valence-electron chi connectivity index (χ3n) is 4.82. The number of hydrogen-bond donors (Lipinski definition) is 1. The SMILES string of the molecule is Cc1cc(F)ccc1S(=O)(=O)NCC1CCN(Cc2cccnc2)CC1. The Morgan fingerprint density at radius 1 is 1.27 bits per heavy atom. The Morgan fingerprint density at radius 2 is 2.04 bits per heavy atom. The van der Waals surface area contributed by atoms with Crippen molar-refractivity contribution < 1.29 is 12.8 Å². The zero-order chi connectivity index (χ0) is 18.6. The van der Waals surface area contributed by atoms with Crippen molar-refractivity contribution in [1.29, 1.82) is 0 Å². The predicted octanol–water partition coefficient (Wildman–Crippen LogP) is 2.72. The minimum absolute atomic E-state index is 0.146. The van der Waals surface area contributed by atoms with Crippen LogP contribution in [0.5, 0.6) is 0 Å². The van der Waals surface area contributed by atoms with Gasteiger partial charge < -0.3 is 0 Å². The van der Waals surface area contributed by atoms with Crippen molar-refractivity contribution in [3.05, 3.63) is 59.7 Å². The summed E-state index contributed by atoms with van der Waals surface area (Å²) in [5, 5.41) is 0. The van der Waals surface area contributed by atoms with Crippen molar-refractivity contribution in [2.45, 2.75) is 31.2 Å². The van der Waals surface area contributed by atoms with E-state index < -0.39 is 15.8 Å². The summed E-state index contributed by atoms with van der Waals surface area (Å²) in [6.07, 6.45) is 5.55. The second-order valence-corrected chi connectivity index (χ2v) is 8.58. The van der Waals surface area contributed by atoms with Crippen LogP contribution in [-0.2, 0) is 16.6 Å².